The van der Waals surface area contributed by atoms with Crippen LogP contribution in [-0.4, -0.2) is 140 Å². The van der Waals surface area contributed by atoms with Crippen molar-refractivity contribution in [3.8, 4) is 33.5 Å². The first-order valence-corrected chi connectivity index (χ1v) is 28.1. The third-order valence-corrected chi connectivity index (χ3v) is 17.7. The van der Waals surface area contributed by atoms with Crippen LogP contribution in [0, 0.1) is 30.5 Å². The second-order valence-electron chi connectivity index (χ2n) is 22.3. The Balaban J connectivity index is 0.694. The lowest BCUT2D eigenvalue weighted by molar-refractivity contribution is -0.141. The Kier molecular flexibility index (Phi) is 13.8. The molecule has 5 fully saturated rings. The fraction of sp³-hybridized carbons (Fsp3) is 0.466. The van der Waals surface area contributed by atoms with Gasteiger partial charge in [-0.1, -0.05) is 68.4 Å². The van der Waals surface area contributed by atoms with Crippen LogP contribution in [0.15, 0.2) is 76.9 Å². The van der Waals surface area contributed by atoms with Crippen LogP contribution in [0.4, 0.5) is 16.0 Å². The number of ether oxygens (including phenoxy) is 1. The summed E-state index contributed by atoms with van der Waals surface area (Å²) in [5, 5.41) is 35.1. The number of likely N-dealkylation sites (tertiary alicyclic amines) is 2. The fourth-order valence-corrected chi connectivity index (χ4v) is 13.7. The van der Waals surface area contributed by atoms with Gasteiger partial charge in [0.05, 0.1) is 33.6 Å². The molecule has 2 unspecified atom stereocenters. The Bertz CT molecular complexity index is 3330. The average Bonchev–Trinajstić information content (AvgIpc) is 4.32. The molecule has 0 radical (unpaired) electrons. The number of aromatic hydroxyl groups is 1. The number of aliphatic hydroxyl groups excluding tert-OH is 1. The minimum absolute atomic E-state index is 0.0335. The number of hydrogen-bond donors (Lipinski definition) is 4. The molecular weight excluding hydrogens is 998 g/mol. The first-order chi connectivity index (χ1) is 37.3. The third-order valence-electron chi connectivity index (χ3n) is 16.8. The van der Waals surface area contributed by atoms with Gasteiger partial charge in [-0.15, -0.1) is 11.3 Å². The molecule has 0 aliphatic carbocycles. The molecule has 4 aromatic heterocycles. The number of carbonyl (C=O) groups excluding carboxylic acids is 2. The number of piperazine rings is 1. The van der Waals surface area contributed by atoms with E-state index in [0.29, 0.717) is 65.4 Å². The van der Waals surface area contributed by atoms with Gasteiger partial charge < -0.3 is 44.8 Å². The van der Waals surface area contributed by atoms with Gasteiger partial charge in [0.25, 0.3) is 0 Å². The summed E-state index contributed by atoms with van der Waals surface area (Å²) in [6.45, 7) is 15.6. The predicted molar refractivity (Wildman–Crippen MR) is 294 cm³/mol. The van der Waals surface area contributed by atoms with E-state index in [2.05, 4.69) is 42.4 Å². The highest BCUT2D eigenvalue weighted by atomic mass is 32.1. The summed E-state index contributed by atoms with van der Waals surface area (Å²) < 4.78 is 29.5. The molecule has 5 aliphatic heterocycles. The number of benzene rings is 3. The maximum atomic E-state index is 17.2. The number of β-amino-alcohol motifs (C(OH)–C–C–N with tert-alkyl or cyclic N) is 1. The van der Waals surface area contributed by atoms with E-state index in [0.717, 1.165) is 96.6 Å². The maximum Gasteiger partial charge on any atom is 0.319 e. The van der Waals surface area contributed by atoms with Gasteiger partial charge in [0.15, 0.2) is 17.4 Å². The molecule has 19 heteroatoms. The molecule has 0 saturated carbocycles. The Labute approximate surface area is 450 Å². The average molecular weight is 1060 g/mol. The van der Waals surface area contributed by atoms with Crippen LogP contribution in [0.3, 0.4) is 0 Å². The minimum Gasteiger partial charge on any atom is -0.508 e. The molecule has 402 valence electrons. The van der Waals surface area contributed by atoms with E-state index in [9.17, 15) is 19.8 Å². The number of aromatic nitrogens is 5. The largest absolute Gasteiger partial charge is 0.508 e. The molecule has 0 spiro atoms. The number of rotatable bonds is 15. The molecule has 2 amide bonds. The number of aryl methyl sites for hydroxylation is 2. The molecule has 5 aliphatic rings. The standard InChI is InChI=1S/C58H66FN11O6S/c1-6-34-8-7-9-37-18-42(71)19-44(50(34)37)52-51(59)53-45(22-60-52)55(69-27-40-14-15-41(28-69)63-40)65-58(64-53)75-17-16-67-23-38-25-68(26-39(38)24-67)48-21-47(76-66-48)49(31(2)3)57(74)70-29-43(72)20-46(70)56(73)62-32(4)35-10-12-36(13-11-35)54-33(5)61-30-77-54/h7-13,18-19,21-22,30-32,38-41,43,46,49,63,71-72H,6,14-17,20,23-29H2,1-5H3,(H,62,73)/t32-,38+,39+,40?,41?,43+,46-,49+/m0/s1. The van der Waals surface area contributed by atoms with E-state index in [4.69, 9.17) is 24.2 Å². The molecule has 5 saturated heterocycles. The number of hydrogen-bond acceptors (Lipinski definition) is 16. The summed E-state index contributed by atoms with van der Waals surface area (Å²) in [5.74, 6) is 0.479. The third kappa shape index (κ3) is 9.84. The molecule has 77 heavy (non-hydrogen) atoms. The van der Waals surface area contributed by atoms with Gasteiger partial charge in [-0.3, -0.25) is 19.5 Å². The van der Waals surface area contributed by atoms with Gasteiger partial charge in [-0.05, 0) is 90.5 Å². The zero-order valence-electron chi connectivity index (χ0n) is 44.2. The lowest BCUT2D eigenvalue weighted by atomic mass is 9.91. The summed E-state index contributed by atoms with van der Waals surface area (Å²) >= 11 is 1.59. The minimum atomic E-state index is -0.833. The zero-order valence-corrected chi connectivity index (χ0v) is 45.0. The molecule has 4 N–H and O–H groups in total. The lowest BCUT2D eigenvalue weighted by Gasteiger charge is -2.34. The van der Waals surface area contributed by atoms with Gasteiger partial charge in [-0.25, -0.2) is 9.37 Å². The molecule has 9 heterocycles. The maximum absolute atomic E-state index is 17.2. The normalized spacial score (nSPS) is 23.1. The summed E-state index contributed by atoms with van der Waals surface area (Å²) in [4.78, 5) is 56.6. The fourth-order valence-electron chi connectivity index (χ4n) is 12.9. The quantitative estimate of drug-likeness (QED) is 0.0781. The number of nitrogens with one attached hydrogen (secondary N) is 2. The smallest absolute Gasteiger partial charge is 0.319 e. The number of halogens is 1. The highest BCUT2D eigenvalue weighted by molar-refractivity contribution is 7.13. The Hall–Kier alpha value is -6.80. The predicted octanol–water partition coefficient (Wildman–Crippen LogP) is 7.64. The molecule has 12 rings (SSSR count). The Morgan fingerprint density at radius 1 is 0.948 bits per heavy atom. The van der Waals surface area contributed by atoms with Gasteiger partial charge in [0.1, 0.15) is 41.3 Å². The SMILES string of the molecule is CCc1cccc2cc(O)cc(-c3ncc4c(N5CC6CCC(C5)N6)nc(OCCN5C[C@@H]6CN(c7cc([C@H](C(=O)N8C[C@H](O)C[C@H]8C(=O)N[C@@H](C)c8ccc(-c9scnc9C)cc8)C(C)C)on7)C[C@H]6C5)nc4c3F)c12. The molecule has 7 aromatic rings. The van der Waals surface area contributed by atoms with Gasteiger partial charge in [0, 0.05) is 88.7 Å². The molecule has 17 nitrogen and oxygen atoms in total. The number of fused-ring (bicyclic) bond motifs is 5. The number of thiazole rings is 1. The first-order valence-electron chi connectivity index (χ1n) is 27.2. The Morgan fingerprint density at radius 3 is 2.43 bits per heavy atom. The number of phenols is 1. The van der Waals surface area contributed by atoms with Crippen molar-refractivity contribution >= 4 is 56.5 Å². The second-order valence-corrected chi connectivity index (χ2v) is 23.1. The van der Waals surface area contributed by atoms with Crippen molar-refractivity contribution in [3.05, 3.63) is 101 Å². The van der Waals surface area contributed by atoms with Crippen molar-refractivity contribution < 1.29 is 33.5 Å². The molecule has 3 aromatic carbocycles. The number of anilines is 2. The number of carbonyl (C=O) groups is 2. The summed E-state index contributed by atoms with van der Waals surface area (Å²) in [6.07, 6.45) is 3.86. The van der Waals surface area contributed by atoms with Gasteiger partial charge in [-0.2, -0.15) is 9.97 Å². The van der Waals surface area contributed by atoms with E-state index in [1.54, 1.807) is 29.7 Å². The second kappa shape index (κ2) is 20.9. The van der Waals surface area contributed by atoms with Crippen molar-refractivity contribution in [1.29, 1.82) is 0 Å². The topological polar surface area (TPSA) is 198 Å². The summed E-state index contributed by atoms with van der Waals surface area (Å²) in [5.41, 5.74) is 6.60. The summed E-state index contributed by atoms with van der Waals surface area (Å²) in [6, 6.07) is 18.7. The van der Waals surface area contributed by atoms with Crippen LogP contribution in [0.1, 0.15) is 81.5 Å². The van der Waals surface area contributed by atoms with Gasteiger partial charge in [0.2, 0.25) is 11.8 Å². The number of phenolic OH excluding ortho intramolecular Hbond substituents is 1. The molecule has 2 bridgehead atoms. The highest BCUT2D eigenvalue weighted by Gasteiger charge is 2.45. The van der Waals surface area contributed by atoms with E-state index in [1.165, 1.54) is 4.90 Å². The van der Waals surface area contributed by atoms with Crippen LogP contribution in [0.2, 0.25) is 0 Å². The molecular formula is C58H66FN11O6S. The van der Waals surface area contributed by atoms with Crippen molar-refractivity contribution in [2.24, 2.45) is 17.8 Å². The van der Waals surface area contributed by atoms with E-state index in [-0.39, 0.29) is 59.7 Å². The van der Waals surface area contributed by atoms with Crippen LogP contribution >= 0.6 is 11.3 Å². The number of amides is 2. The van der Waals surface area contributed by atoms with E-state index >= 15 is 4.39 Å². The van der Waals surface area contributed by atoms with Crippen molar-refractivity contribution in [1.82, 2.24) is 45.5 Å². The van der Waals surface area contributed by atoms with Gasteiger partial charge >= 0.3 is 6.01 Å². The van der Waals surface area contributed by atoms with Crippen molar-refractivity contribution in [2.75, 3.05) is 68.8 Å². The number of nitrogens with zero attached hydrogens (tertiary/aromatic N) is 9. The van der Waals surface area contributed by atoms with Crippen LogP contribution in [0.5, 0.6) is 11.8 Å². The first kappa shape index (κ1) is 51.0. The Morgan fingerprint density at radius 2 is 1.71 bits per heavy atom. The zero-order chi connectivity index (χ0) is 53.2. The lowest BCUT2D eigenvalue weighted by Crippen LogP contribution is -2.51. The van der Waals surface area contributed by atoms with Crippen molar-refractivity contribution in [3.63, 3.8) is 0 Å². The van der Waals surface area contributed by atoms with Crippen LogP contribution < -0.4 is 25.2 Å². The highest BCUT2D eigenvalue weighted by Crippen LogP contribution is 2.41. The van der Waals surface area contributed by atoms with Crippen LogP contribution in [0.25, 0.3) is 43.4 Å². The van der Waals surface area contributed by atoms with E-state index < -0.39 is 23.9 Å². The van der Waals surface area contributed by atoms with Crippen LogP contribution in [-0.2, 0) is 16.0 Å². The number of pyridine rings is 1. The number of aliphatic hydroxyl groups is 1. The van der Waals surface area contributed by atoms with E-state index in [1.807, 2.05) is 81.7 Å². The van der Waals surface area contributed by atoms with Crippen molar-refractivity contribution in [2.45, 2.75) is 96.5 Å². The monoisotopic (exact) mass is 1060 g/mol. The molecule has 8 atom stereocenters. The summed E-state index contributed by atoms with van der Waals surface area (Å²) in [7, 11) is 0.